The van der Waals surface area contributed by atoms with Gasteiger partial charge in [0.15, 0.2) is 5.72 Å². The molecule has 0 fully saturated rings. The van der Waals surface area contributed by atoms with E-state index in [0.29, 0.717) is 16.7 Å². The zero-order valence-electron chi connectivity index (χ0n) is 10.9. The fourth-order valence-electron chi connectivity index (χ4n) is 2.49. The summed E-state index contributed by atoms with van der Waals surface area (Å²) in [6.07, 6.45) is 0. The van der Waals surface area contributed by atoms with E-state index in [0.717, 1.165) is 0 Å². The van der Waals surface area contributed by atoms with E-state index in [-0.39, 0.29) is 11.9 Å². The minimum absolute atomic E-state index is 0.113. The normalized spacial score (nSPS) is 22.1. The van der Waals surface area contributed by atoms with Crippen molar-refractivity contribution in [3.8, 4) is 0 Å². The average Bonchev–Trinajstić information content (AvgIpc) is 2.59. The highest BCUT2D eigenvalue weighted by atomic mass is 16.3. The molecule has 3 heteroatoms. The monoisotopic (exact) mass is 243 g/mol. The summed E-state index contributed by atoms with van der Waals surface area (Å²) in [6.45, 7) is 9.08. The molecule has 0 saturated carbocycles. The smallest absolute Gasteiger partial charge is 0.257 e. The highest BCUT2D eigenvalue weighted by Crippen LogP contribution is 2.42. The first-order chi connectivity index (χ1) is 8.44. The third kappa shape index (κ3) is 1.45. The summed E-state index contributed by atoms with van der Waals surface area (Å²) in [5, 5.41) is 11.0. The molecule has 94 valence electrons. The Bertz CT molecular complexity index is 555. The number of nitrogens with zero attached hydrogens (tertiary/aromatic N) is 1. The number of aliphatic hydroxyl groups is 1. The van der Waals surface area contributed by atoms with Crippen molar-refractivity contribution in [3.05, 3.63) is 53.3 Å². The number of rotatable bonds is 2. The number of fused-ring (bicyclic) bond motifs is 1. The molecular weight excluding hydrogens is 226 g/mol. The van der Waals surface area contributed by atoms with Crippen molar-refractivity contribution < 1.29 is 9.90 Å². The van der Waals surface area contributed by atoms with Crippen LogP contribution in [-0.2, 0) is 5.72 Å². The van der Waals surface area contributed by atoms with Crippen LogP contribution in [0, 0.1) is 0 Å². The fourth-order valence-corrected chi connectivity index (χ4v) is 2.49. The molecule has 0 spiro atoms. The van der Waals surface area contributed by atoms with Crippen LogP contribution in [0.25, 0.3) is 0 Å². The van der Waals surface area contributed by atoms with Gasteiger partial charge in [0, 0.05) is 22.7 Å². The predicted octanol–water partition coefficient (Wildman–Crippen LogP) is 2.43. The molecule has 1 unspecified atom stereocenters. The molecule has 1 atom stereocenters. The second-order valence-electron chi connectivity index (χ2n) is 4.79. The first-order valence-corrected chi connectivity index (χ1v) is 5.97. The zero-order chi connectivity index (χ0) is 13.5. The van der Waals surface area contributed by atoms with Crippen molar-refractivity contribution in [2.24, 2.45) is 0 Å². The number of hydrogen-bond donors (Lipinski definition) is 1. The average molecular weight is 243 g/mol. The van der Waals surface area contributed by atoms with E-state index in [9.17, 15) is 9.90 Å². The first-order valence-electron chi connectivity index (χ1n) is 5.97. The van der Waals surface area contributed by atoms with Gasteiger partial charge in [0.1, 0.15) is 0 Å². The van der Waals surface area contributed by atoms with Crippen LogP contribution in [0.15, 0.2) is 42.1 Å². The summed E-state index contributed by atoms with van der Waals surface area (Å²) in [5.41, 5.74) is 2.98. The Labute approximate surface area is 107 Å². The molecule has 0 aliphatic carbocycles. The Morgan fingerprint density at radius 2 is 2.06 bits per heavy atom. The lowest BCUT2D eigenvalue weighted by atomic mass is 9.94. The largest absolute Gasteiger partial charge is 0.363 e. The van der Waals surface area contributed by atoms with Crippen molar-refractivity contribution in [2.75, 3.05) is 0 Å². The third-order valence-electron chi connectivity index (χ3n) is 3.40. The molecule has 18 heavy (non-hydrogen) atoms. The van der Waals surface area contributed by atoms with Crippen molar-refractivity contribution in [1.29, 1.82) is 0 Å². The van der Waals surface area contributed by atoms with Crippen LogP contribution in [0.4, 0.5) is 0 Å². The Morgan fingerprint density at radius 3 is 2.61 bits per heavy atom. The summed E-state index contributed by atoms with van der Waals surface area (Å²) < 4.78 is 0. The molecule has 1 aliphatic rings. The number of carbonyl (C=O) groups is 1. The lowest BCUT2D eigenvalue weighted by molar-refractivity contribution is -0.0666. The molecule has 1 aromatic carbocycles. The van der Waals surface area contributed by atoms with Crippen LogP contribution >= 0.6 is 0 Å². The van der Waals surface area contributed by atoms with Crippen molar-refractivity contribution in [2.45, 2.75) is 32.5 Å². The second kappa shape index (κ2) is 4.13. The van der Waals surface area contributed by atoms with Gasteiger partial charge in [-0.2, -0.15) is 0 Å². The molecule has 0 saturated heterocycles. The maximum atomic E-state index is 12.4. The summed E-state index contributed by atoms with van der Waals surface area (Å²) in [5.74, 6) is -0.155. The number of amides is 1. The Hall–Kier alpha value is -1.83. The second-order valence-corrected chi connectivity index (χ2v) is 4.79. The van der Waals surface area contributed by atoms with Crippen LogP contribution in [0.5, 0.6) is 0 Å². The van der Waals surface area contributed by atoms with Crippen LogP contribution in [0.3, 0.4) is 0 Å². The number of carbonyl (C=O) groups excluding carboxylic acids is 1. The Morgan fingerprint density at radius 1 is 1.44 bits per heavy atom. The van der Waals surface area contributed by atoms with Gasteiger partial charge < -0.3 is 5.11 Å². The van der Waals surface area contributed by atoms with Gasteiger partial charge in [0.2, 0.25) is 0 Å². The standard InChI is InChI=1S/C15H17NO2/c1-5-11(4)15(18)13-9-7-6-8-12(13)14(17)16(15)10(2)3/h6-10,18H,1H2,2-4H3. The van der Waals surface area contributed by atoms with Gasteiger partial charge in [-0.25, -0.2) is 0 Å². The lowest BCUT2D eigenvalue weighted by Gasteiger charge is -2.37. The zero-order valence-corrected chi connectivity index (χ0v) is 10.9. The van der Waals surface area contributed by atoms with Crippen LogP contribution in [0.1, 0.15) is 36.7 Å². The summed E-state index contributed by atoms with van der Waals surface area (Å²) >= 11 is 0. The molecule has 1 aliphatic heterocycles. The topological polar surface area (TPSA) is 40.5 Å². The number of hydrogen-bond acceptors (Lipinski definition) is 2. The maximum absolute atomic E-state index is 12.4. The van der Waals surface area contributed by atoms with Crippen molar-refractivity contribution >= 4 is 5.91 Å². The highest BCUT2D eigenvalue weighted by Gasteiger charge is 2.50. The quantitative estimate of drug-likeness (QED) is 0.810. The van der Waals surface area contributed by atoms with Gasteiger partial charge in [0.05, 0.1) is 0 Å². The maximum Gasteiger partial charge on any atom is 0.257 e. The van der Waals surface area contributed by atoms with E-state index in [1.165, 1.54) is 4.90 Å². The van der Waals surface area contributed by atoms with Gasteiger partial charge in [-0.1, -0.05) is 24.8 Å². The van der Waals surface area contributed by atoms with E-state index in [1.54, 1.807) is 25.1 Å². The van der Waals surface area contributed by atoms with Gasteiger partial charge in [-0.3, -0.25) is 9.69 Å². The molecule has 3 nitrogen and oxygen atoms in total. The molecule has 0 radical (unpaired) electrons. The van der Waals surface area contributed by atoms with Gasteiger partial charge in [-0.05, 0) is 26.8 Å². The predicted molar refractivity (Wildman–Crippen MR) is 70.0 cm³/mol. The van der Waals surface area contributed by atoms with Gasteiger partial charge >= 0.3 is 0 Å². The van der Waals surface area contributed by atoms with Gasteiger partial charge in [-0.15, -0.1) is 5.73 Å². The van der Waals surface area contributed by atoms with Crippen LogP contribution in [-0.4, -0.2) is 22.0 Å². The molecule has 1 N–H and O–H groups in total. The van der Waals surface area contributed by atoms with Gasteiger partial charge in [0.25, 0.3) is 5.91 Å². The molecule has 2 rings (SSSR count). The van der Waals surface area contributed by atoms with E-state index in [2.05, 4.69) is 12.3 Å². The summed E-state index contributed by atoms with van der Waals surface area (Å²) in [6, 6.07) is 7.02. The summed E-state index contributed by atoms with van der Waals surface area (Å²) in [4.78, 5) is 13.9. The SMILES string of the molecule is C=C=C(C)C1(O)c2ccccc2C(=O)N1C(C)C. The van der Waals surface area contributed by atoms with Crippen molar-refractivity contribution in [3.63, 3.8) is 0 Å². The van der Waals surface area contributed by atoms with Crippen molar-refractivity contribution in [1.82, 2.24) is 4.90 Å². The Balaban J connectivity index is 2.75. The van der Waals surface area contributed by atoms with E-state index in [4.69, 9.17) is 0 Å². The van der Waals surface area contributed by atoms with E-state index >= 15 is 0 Å². The fraction of sp³-hybridized carbons (Fsp3) is 0.333. The number of benzene rings is 1. The van der Waals surface area contributed by atoms with Crippen LogP contribution in [0.2, 0.25) is 0 Å². The Kier molecular flexibility index (Phi) is 2.89. The molecule has 1 heterocycles. The van der Waals surface area contributed by atoms with E-state index in [1.807, 2.05) is 19.9 Å². The summed E-state index contributed by atoms with van der Waals surface area (Å²) in [7, 11) is 0. The highest BCUT2D eigenvalue weighted by molar-refractivity contribution is 6.00. The van der Waals surface area contributed by atoms with E-state index < -0.39 is 5.72 Å². The molecule has 1 aromatic rings. The third-order valence-corrected chi connectivity index (χ3v) is 3.40. The first kappa shape index (κ1) is 12.6. The lowest BCUT2D eigenvalue weighted by Crippen LogP contribution is -2.48. The molecule has 0 bridgehead atoms. The molecular formula is C15H17NO2. The molecule has 0 aromatic heterocycles. The van der Waals surface area contributed by atoms with Crippen LogP contribution < -0.4 is 0 Å². The minimum Gasteiger partial charge on any atom is -0.363 e. The minimum atomic E-state index is -1.43. The molecule has 1 amide bonds.